The van der Waals surface area contributed by atoms with Crippen LogP contribution in [0.4, 0.5) is 0 Å². The highest BCUT2D eigenvalue weighted by Gasteiger charge is 2.35. The zero-order chi connectivity index (χ0) is 14.6. The molecule has 0 spiro atoms. The van der Waals surface area contributed by atoms with Gasteiger partial charge in [-0.15, -0.1) is 0 Å². The van der Waals surface area contributed by atoms with Crippen molar-refractivity contribution < 1.29 is 5.11 Å². The Labute approximate surface area is 131 Å². The summed E-state index contributed by atoms with van der Waals surface area (Å²) in [6.07, 6.45) is 4.90. The first-order valence-corrected chi connectivity index (χ1v) is 8.36. The van der Waals surface area contributed by atoms with Gasteiger partial charge in [-0.1, -0.05) is 47.8 Å². The lowest BCUT2D eigenvalue weighted by Crippen LogP contribution is -2.41. The number of hydrogen-bond donors (Lipinski definition) is 1. The first-order valence-electron chi connectivity index (χ1n) is 7.57. The average Bonchev–Trinajstić information content (AvgIpc) is 2.41. The second-order valence-corrected chi connectivity index (χ2v) is 7.57. The van der Waals surface area contributed by atoms with E-state index in [1.165, 1.54) is 24.8 Å². The topological polar surface area (TPSA) is 23.5 Å². The number of aliphatic hydroxyl groups excluding tert-OH is 1. The molecule has 2 atom stereocenters. The van der Waals surface area contributed by atoms with E-state index in [1.807, 2.05) is 0 Å². The van der Waals surface area contributed by atoms with Gasteiger partial charge in [0.25, 0.3) is 0 Å². The molecule has 0 saturated heterocycles. The molecule has 20 heavy (non-hydrogen) atoms. The fourth-order valence-electron chi connectivity index (χ4n) is 3.64. The number of halogens is 1. The van der Waals surface area contributed by atoms with Gasteiger partial charge in [0.05, 0.1) is 0 Å². The van der Waals surface area contributed by atoms with Crippen molar-refractivity contribution >= 4 is 15.9 Å². The van der Waals surface area contributed by atoms with Gasteiger partial charge < -0.3 is 10.0 Å². The summed E-state index contributed by atoms with van der Waals surface area (Å²) in [5, 5.41) is 9.88. The van der Waals surface area contributed by atoms with E-state index >= 15 is 0 Å². The number of benzene rings is 1. The van der Waals surface area contributed by atoms with E-state index in [0.29, 0.717) is 6.61 Å². The molecule has 1 aliphatic rings. The van der Waals surface area contributed by atoms with Crippen molar-refractivity contribution in [3.05, 3.63) is 34.3 Å². The van der Waals surface area contributed by atoms with Gasteiger partial charge in [-0.25, -0.2) is 0 Å². The minimum Gasteiger partial charge on any atom is -0.396 e. The smallest absolute Gasteiger partial charge is 0.0499 e. The molecule has 1 N–H and O–H groups in total. The maximum Gasteiger partial charge on any atom is 0.0499 e. The molecule has 1 aromatic rings. The Balaban J connectivity index is 1.95. The monoisotopic (exact) mass is 339 g/mol. The summed E-state index contributed by atoms with van der Waals surface area (Å²) in [5.41, 5.74) is 1.44. The van der Waals surface area contributed by atoms with Gasteiger partial charge in [0, 0.05) is 29.6 Å². The molecular weight excluding hydrogens is 314 g/mol. The Kier molecular flexibility index (Phi) is 5.65. The minimum atomic E-state index is 0.113. The van der Waals surface area contributed by atoms with Crippen molar-refractivity contribution in [2.75, 3.05) is 20.2 Å². The van der Waals surface area contributed by atoms with E-state index in [1.54, 1.807) is 0 Å². The molecule has 0 amide bonds. The van der Waals surface area contributed by atoms with Crippen molar-refractivity contribution in [1.29, 1.82) is 0 Å². The standard InChI is InChI=1S/C17H26BrNO/c1-14-4-3-9-17(10-14,13-20)12-19(2)11-15-5-7-16(18)8-6-15/h5-8,14,20H,3-4,9-13H2,1-2H3. The lowest BCUT2D eigenvalue weighted by atomic mass is 9.70. The molecular formula is C17H26BrNO. The Hall–Kier alpha value is -0.380. The largest absolute Gasteiger partial charge is 0.396 e. The second-order valence-electron chi connectivity index (χ2n) is 6.66. The van der Waals surface area contributed by atoms with Gasteiger partial charge in [0.1, 0.15) is 0 Å². The maximum absolute atomic E-state index is 9.88. The summed E-state index contributed by atoms with van der Waals surface area (Å²) < 4.78 is 1.12. The molecule has 0 bridgehead atoms. The van der Waals surface area contributed by atoms with Crippen LogP contribution in [0.1, 0.15) is 38.2 Å². The van der Waals surface area contributed by atoms with Gasteiger partial charge >= 0.3 is 0 Å². The zero-order valence-electron chi connectivity index (χ0n) is 12.6. The van der Waals surface area contributed by atoms with E-state index < -0.39 is 0 Å². The summed E-state index contributed by atoms with van der Waals surface area (Å²) in [4.78, 5) is 2.36. The van der Waals surface area contributed by atoms with E-state index in [-0.39, 0.29) is 5.41 Å². The molecule has 112 valence electrons. The van der Waals surface area contributed by atoms with E-state index in [2.05, 4.69) is 59.1 Å². The molecule has 2 nitrogen and oxygen atoms in total. The van der Waals surface area contributed by atoms with Crippen LogP contribution in [0.3, 0.4) is 0 Å². The van der Waals surface area contributed by atoms with E-state index in [9.17, 15) is 5.11 Å². The van der Waals surface area contributed by atoms with Crippen molar-refractivity contribution in [3.8, 4) is 0 Å². The molecule has 0 aromatic heterocycles. The molecule has 1 fully saturated rings. The summed E-state index contributed by atoms with van der Waals surface area (Å²) >= 11 is 3.47. The number of aliphatic hydroxyl groups is 1. The Morgan fingerprint density at radius 3 is 2.65 bits per heavy atom. The Bertz CT molecular complexity index is 420. The first kappa shape index (κ1) is 16.0. The van der Waals surface area contributed by atoms with Gasteiger partial charge in [-0.3, -0.25) is 0 Å². The number of rotatable bonds is 5. The summed E-state index contributed by atoms with van der Waals surface area (Å²) in [7, 11) is 2.17. The molecule has 0 heterocycles. The van der Waals surface area contributed by atoms with Crippen LogP contribution in [-0.4, -0.2) is 30.2 Å². The Morgan fingerprint density at radius 1 is 1.35 bits per heavy atom. The minimum absolute atomic E-state index is 0.113. The van der Waals surface area contributed by atoms with Crippen LogP contribution in [0.25, 0.3) is 0 Å². The lowest BCUT2D eigenvalue weighted by Gasteiger charge is -2.41. The normalized spacial score (nSPS) is 26.9. The average molecular weight is 340 g/mol. The lowest BCUT2D eigenvalue weighted by molar-refractivity contribution is 0.0290. The van der Waals surface area contributed by atoms with Crippen LogP contribution in [0.5, 0.6) is 0 Å². The molecule has 1 saturated carbocycles. The van der Waals surface area contributed by atoms with Crippen molar-refractivity contribution in [2.45, 2.75) is 39.2 Å². The highest BCUT2D eigenvalue weighted by Crippen LogP contribution is 2.39. The molecule has 0 radical (unpaired) electrons. The molecule has 3 heteroatoms. The first-order chi connectivity index (χ1) is 9.53. The Morgan fingerprint density at radius 2 is 2.05 bits per heavy atom. The highest BCUT2D eigenvalue weighted by atomic mass is 79.9. The fraction of sp³-hybridized carbons (Fsp3) is 0.647. The molecule has 2 rings (SSSR count). The predicted octanol–water partition coefficient (Wildman–Crippen LogP) is 4.07. The van der Waals surface area contributed by atoms with Gasteiger partial charge in [0.15, 0.2) is 0 Å². The summed E-state index contributed by atoms with van der Waals surface area (Å²) in [5.74, 6) is 0.747. The van der Waals surface area contributed by atoms with E-state index in [4.69, 9.17) is 0 Å². The third kappa shape index (κ3) is 4.31. The highest BCUT2D eigenvalue weighted by molar-refractivity contribution is 9.10. The SMILES string of the molecule is CC1CCCC(CO)(CN(C)Cc2ccc(Br)cc2)C1. The number of nitrogens with zero attached hydrogens (tertiary/aromatic N) is 1. The van der Waals surface area contributed by atoms with Crippen molar-refractivity contribution in [2.24, 2.45) is 11.3 Å². The van der Waals surface area contributed by atoms with Crippen LogP contribution in [0.15, 0.2) is 28.7 Å². The summed E-state index contributed by atoms with van der Waals surface area (Å²) in [6, 6.07) is 8.51. The third-order valence-electron chi connectivity index (χ3n) is 4.49. The van der Waals surface area contributed by atoms with Crippen molar-refractivity contribution in [1.82, 2.24) is 4.90 Å². The van der Waals surface area contributed by atoms with Crippen LogP contribution < -0.4 is 0 Å². The van der Waals surface area contributed by atoms with Crippen LogP contribution in [0, 0.1) is 11.3 Å². The summed E-state index contributed by atoms with van der Waals surface area (Å²) in [6.45, 7) is 4.58. The van der Waals surface area contributed by atoms with Crippen LogP contribution in [0.2, 0.25) is 0 Å². The maximum atomic E-state index is 9.88. The zero-order valence-corrected chi connectivity index (χ0v) is 14.2. The number of hydrogen-bond acceptors (Lipinski definition) is 2. The van der Waals surface area contributed by atoms with Crippen LogP contribution >= 0.6 is 15.9 Å². The molecule has 1 aliphatic carbocycles. The molecule has 2 unspecified atom stereocenters. The van der Waals surface area contributed by atoms with E-state index in [0.717, 1.165) is 29.9 Å². The van der Waals surface area contributed by atoms with Gasteiger partial charge in [0.2, 0.25) is 0 Å². The van der Waals surface area contributed by atoms with Crippen LogP contribution in [-0.2, 0) is 6.54 Å². The molecule has 1 aromatic carbocycles. The quantitative estimate of drug-likeness (QED) is 0.873. The van der Waals surface area contributed by atoms with Gasteiger partial charge in [-0.05, 0) is 43.5 Å². The van der Waals surface area contributed by atoms with Crippen molar-refractivity contribution in [3.63, 3.8) is 0 Å². The fourth-order valence-corrected chi connectivity index (χ4v) is 3.90. The van der Waals surface area contributed by atoms with Gasteiger partial charge in [-0.2, -0.15) is 0 Å². The third-order valence-corrected chi connectivity index (χ3v) is 5.02. The second kappa shape index (κ2) is 7.06. The molecule has 0 aliphatic heterocycles. The predicted molar refractivity (Wildman–Crippen MR) is 87.6 cm³/mol.